The Balaban J connectivity index is 1.39. The van der Waals surface area contributed by atoms with Crippen molar-refractivity contribution in [3.05, 3.63) is 46.5 Å². The van der Waals surface area contributed by atoms with Crippen LogP contribution >= 0.6 is 11.6 Å². The molecule has 3 heteroatoms. The predicted molar refractivity (Wildman–Crippen MR) is 110 cm³/mol. The monoisotopic (exact) mass is 394 g/mol. The summed E-state index contributed by atoms with van der Waals surface area (Å²) in [6.45, 7) is 2.32. The highest BCUT2D eigenvalue weighted by atomic mass is 35.5. The first-order chi connectivity index (χ1) is 13.1. The zero-order valence-electron chi connectivity index (χ0n) is 16.5. The van der Waals surface area contributed by atoms with Gasteiger partial charge in [0.15, 0.2) is 0 Å². The fourth-order valence-electron chi connectivity index (χ4n) is 5.00. The van der Waals surface area contributed by atoms with E-state index in [-0.39, 0.29) is 5.92 Å². The van der Waals surface area contributed by atoms with Crippen LogP contribution in [-0.2, 0) is 0 Å². The van der Waals surface area contributed by atoms with Crippen molar-refractivity contribution in [1.82, 2.24) is 0 Å². The van der Waals surface area contributed by atoms with E-state index in [9.17, 15) is 8.78 Å². The Morgan fingerprint density at radius 1 is 0.926 bits per heavy atom. The molecular weight excluding hydrogens is 362 g/mol. The van der Waals surface area contributed by atoms with Gasteiger partial charge in [0.25, 0.3) is 0 Å². The molecule has 0 aliphatic heterocycles. The van der Waals surface area contributed by atoms with Crippen LogP contribution < -0.4 is 0 Å². The van der Waals surface area contributed by atoms with Gasteiger partial charge in [0.1, 0.15) is 16.7 Å². The van der Waals surface area contributed by atoms with Gasteiger partial charge < -0.3 is 0 Å². The van der Waals surface area contributed by atoms with E-state index >= 15 is 0 Å². The van der Waals surface area contributed by atoms with E-state index in [4.69, 9.17) is 11.6 Å². The van der Waals surface area contributed by atoms with Gasteiger partial charge in [-0.2, -0.15) is 0 Å². The number of hydrogen-bond donors (Lipinski definition) is 0. The van der Waals surface area contributed by atoms with Crippen molar-refractivity contribution in [2.24, 2.45) is 17.8 Å². The molecule has 0 N–H and O–H groups in total. The van der Waals surface area contributed by atoms with Crippen LogP contribution in [0.3, 0.4) is 0 Å². The molecule has 0 saturated heterocycles. The topological polar surface area (TPSA) is 0 Å². The Morgan fingerprint density at radius 3 is 2.11 bits per heavy atom. The second kappa shape index (κ2) is 10.0. The molecule has 1 aromatic rings. The number of halogens is 3. The summed E-state index contributed by atoms with van der Waals surface area (Å²) in [5, 5.41) is -0.390. The summed E-state index contributed by atoms with van der Waals surface area (Å²) in [5.41, 5.74) is 0.763. The Hall–Kier alpha value is -0.890. The van der Waals surface area contributed by atoms with Crippen LogP contribution in [0.5, 0.6) is 0 Å². The quantitative estimate of drug-likeness (QED) is 0.335. The number of rotatable bonds is 6. The molecule has 0 heterocycles. The number of benzene rings is 1. The summed E-state index contributed by atoms with van der Waals surface area (Å²) in [4.78, 5) is 0. The molecule has 0 bridgehead atoms. The molecule has 2 saturated carbocycles. The van der Waals surface area contributed by atoms with Crippen molar-refractivity contribution in [3.8, 4) is 0 Å². The SMILES string of the molecule is CCC1CCC(CC/C=C/C2CCC(c3cc(F)c(Cl)c(F)c3)CC2)CC1. The minimum atomic E-state index is -0.637. The molecule has 0 atom stereocenters. The molecule has 0 amide bonds. The van der Waals surface area contributed by atoms with Gasteiger partial charge in [-0.3, -0.25) is 0 Å². The summed E-state index contributed by atoms with van der Waals surface area (Å²) >= 11 is 5.59. The largest absolute Gasteiger partial charge is 0.205 e. The van der Waals surface area contributed by atoms with Crippen molar-refractivity contribution < 1.29 is 8.78 Å². The first kappa shape index (κ1) is 20.8. The summed E-state index contributed by atoms with van der Waals surface area (Å²) < 4.78 is 27.4. The third kappa shape index (κ3) is 5.79. The Kier molecular flexibility index (Phi) is 7.75. The molecule has 0 unspecified atom stereocenters. The molecule has 150 valence electrons. The summed E-state index contributed by atoms with van der Waals surface area (Å²) in [6, 6.07) is 2.83. The van der Waals surface area contributed by atoms with Gasteiger partial charge in [0.2, 0.25) is 0 Å². The minimum Gasteiger partial charge on any atom is -0.205 e. The second-order valence-electron chi connectivity index (χ2n) is 8.71. The van der Waals surface area contributed by atoms with Crippen LogP contribution in [0.1, 0.15) is 89.0 Å². The maximum absolute atomic E-state index is 13.7. The van der Waals surface area contributed by atoms with E-state index in [2.05, 4.69) is 19.1 Å². The average Bonchev–Trinajstić information content (AvgIpc) is 2.70. The zero-order chi connectivity index (χ0) is 19.2. The molecule has 2 fully saturated rings. The Labute approximate surface area is 168 Å². The van der Waals surface area contributed by atoms with E-state index < -0.39 is 16.7 Å². The third-order valence-corrected chi connectivity index (χ3v) is 7.30. The maximum atomic E-state index is 13.7. The van der Waals surface area contributed by atoms with Gasteiger partial charge in [-0.15, -0.1) is 0 Å². The molecule has 3 rings (SSSR count). The van der Waals surface area contributed by atoms with E-state index in [1.807, 2.05) is 0 Å². The van der Waals surface area contributed by atoms with Gasteiger partial charge in [-0.1, -0.05) is 62.8 Å². The number of allylic oxidation sites excluding steroid dienone is 2. The average molecular weight is 395 g/mol. The van der Waals surface area contributed by atoms with E-state index in [1.54, 1.807) is 0 Å². The Bertz CT molecular complexity index is 600. The van der Waals surface area contributed by atoms with Crippen LogP contribution in [-0.4, -0.2) is 0 Å². The fourth-order valence-corrected chi connectivity index (χ4v) is 5.11. The predicted octanol–water partition coefficient (Wildman–Crippen LogP) is 8.44. The van der Waals surface area contributed by atoms with E-state index in [1.165, 1.54) is 57.1 Å². The first-order valence-corrected chi connectivity index (χ1v) is 11.3. The zero-order valence-corrected chi connectivity index (χ0v) is 17.3. The fraction of sp³-hybridized carbons (Fsp3) is 0.667. The summed E-state index contributed by atoms with van der Waals surface area (Å²) in [7, 11) is 0. The number of hydrogen-bond acceptors (Lipinski definition) is 0. The standard InChI is InChI=1S/C24H33ClF2/c1-2-17-7-9-18(10-8-17)5-3-4-6-19-11-13-20(14-12-19)21-15-22(26)24(25)23(27)16-21/h4,6,15-20H,2-3,5,7-14H2,1H3/b6-4+. The second-order valence-corrected chi connectivity index (χ2v) is 9.09. The molecule has 0 spiro atoms. The third-order valence-electron chi connectivity index (χ3n) is 6.94. The lowest BCUT2D eigenvalue weighted by Crippen LogP contribution is -2.14. The van der Waals surface area contributed by atoms with Crippen molar-refractivity contribution >= 4 is 11.6 Å². The molecule has 2 aliphatic carbocycles. The van der Waals surface area contributed by atoms with Gasteiger partial charge in [-0.05, 0) is 79.9 Å². The van der Waals surface area contributed by atoms with Crippen LogP contribution in [0.15, 0.2) is 24.3 Å². The lowest BCUT2D eigenvalue weighted by Gasteiger charge is -2.28. The van der Waals surface area contributed by atoms with Crippen LogP contribution in [0, 0.1) is 29.4 Å². The highest BCUT2D eigenvalue weighted by Gasteiger charge is 2.23. The van der Waals surface area contributed by atoms with Crippen molar-refractivity contribution in [3.63, 3.8) is 0 Å². The molecule has 27 heavy (non-hydrogen) atoms. The van der Waals surface area contributed by atoms with Gasteiger partial charge >= 0.3 is 0 Å². The normalized spacial score (nSPS) is 29.3. The van der Waals surface area contributed by atoms with Gasteiger partial charge in [0, 0.05) is 0 Å². The molecule has 0 aromatic heterocycles. The summed E-state index contributed by atoms with van der Waals surface area (Å²) in [6.07, 6.45) is 18.6. The van der Waals surface area contributed by atoms with Gasteiger partial charge in [-0.25, -0.2) is 8.78 Å². The van der Waals surface area contributed by atoms with Crippen molar-refractivity contribution in [2.75, 3.05) is 0 Å². The highest BCUT2D eigenvalue weighted by molar-refractivity contribution is 6.30. The first-order valence-electron chi connectivity index (χ1n) is 10.9. The van der Waals surface area contributed by atoms with Crippen molar-refractivity contribution in [2.45, 2.75) is 83.5 Å². The van der Waals surface area contributed by atoms with E-state index in [0.29, 0.717) is 5.92 Å². The van der Waals surface area contributed by atoms with Crippen molar-refractivity contribution in [1.29, 1.82) is 0 Å². The molecule has 2 aliphatic rings. The van der Waals surface area contributed by atoms with Crippen LogP contribution in [0.2, 0.25) is 5.02 Å². The van der Waals surface area contributed by atoms with Gasteiger partial charge in [0.05, 0.1) is 0 Å². The summed E-state index contributed by atoms with van der Waals surface area (Å²) in [5.74, 6) is 1.52. The minimum absolute atomic E-state index is 0.254. The molecule has 1 aromatic carbocycles. The molecule has 0 radical (unpaired) electrons. The molecular formula is C24H33ClF2. The van der Waals surface area contributed by atoms with Crippen LogP contribution in [0.25, 0.3) is 0 Å². The Morgan fingerprint density at radius 2 is 1.52 bits per heavy atom. The highest BCUT2D eigenvalue weighted by Crippen LogP contribution is 2.38. The maximum Gasteiger partial charge on any atom is 0.145 e. The molecule has 0 nitrogen and oxygen atoms in total. The van der Waals surface area contributed by atoms with E-state index in [0.717, 1.165) is 43.1 Å². The smallest absolute Gasteiger partial charge is 0.145 e. The van der Waals surface area contributed by atoms with Crippen LogP contribution in [0.4, 0.5) is 8.78 Å². The lowest BCUT2D eigenvalue weighted by atomic mass is 9.78. The lowest BCUT2D eigenvalue weighted by molar-refractivity contribution is 0.259.